The number of likely N-dealkylation sites (tertiary alicyclic amines) is 1. The van der Waals surface area contributed by atoms with Gasteiger partial charge in [-0.15, -0.1) is 0 Å². The molecule has 152 valence electrons. The second-order valence-electron chi connectivity index (χ2n) is 9.07. The molecule has 0 saturated carbocycles. The predicted molar refractivity (Wildman–Crippen MR) is 115 cm³/mol. The fourth-order valence-electron chi connectivity index (χ4n) is 6.06. The molecule has 0 radical (unpaired) electrons. The molecule has 29 heavy (non-hydrogen) atoms. The molecule has 0 unspecified atom stereocenters. The lowest BCUT2D eigenvalue weighted by molar-refractivity contribution is -0.00341. The first-order valence-corrected chi connectivity index (χ1v) is 10.8. The lowest BCUT2D eigenvalue weighted by atomic mass is 9.75. The Bertz CT molecular complexity index is 895. The van der Waals surface area contributed by atoms with Crippen molar-refractivity contribution < 1.29 is 9.53 Å². The summed E-state index contributed by atoms with van der Waals surface area (Å²) in [6.45, 7) is 7.30. The van der Waals surface area contributed by atoms with E-state index in [0.29, 0.717) is 23.9 Å². The summed E-state index contributed by atoms with van der Waals surface area (Å²) in [5.41, 5.74) is 4.48. The number of carbonyl (C=O) groups excluding carboxylic acids is 1. The molecule has 4 heterocycles. The first-order valence-electron chi connectivity index (χ1n) is 10.8. The Morgan fingerprint density at radius 1 is 0.966 bits per heavy atom. The quantitative estimate of drug-likeness (QED) is 0.794. The average Bonchev–Trinajstić information content (AvgIpc) is 3.16. The van der Waals surface area contributed by atoms with Crippen molar-refractivity contribution in [2.24, 2.45) is 5.92 Å². The van der Waals surface area contributed by atoms with E-state index >= 15 is 0 Å². The lowest BCUT2D eigenvalue weighted by Gasteiger charge is -2.51. The van der Waals surface area contributed by atoms with Crippen LogP contribution in [0.25, 0.3) is 0 Å². The van der Waals surface area contributed by atoms with Gasteiger partial charge in [-0.3, -0.25) is 9.69 Å². The standard InChI is InChI=1S/C25H30N2O2/c1-16-12-17(2)14-20(13-16)25(28)27-15-22(18-4-6-21(29-3)7-5-18)24-23(27)19-8-10-26(24)11-9-19/h4-7,12-14,19,22-24H,8-11,15H2,1-3H3/t22-,23+,24+/m0/s1. The maximum absolute atomic E-state index is 13.6. The number of ether oxygens (including phenoxy) is 1. The minimum Gasteiger partial charge on any atom is -0.497 e. The maximum Gasteiger partial charge on any atom is 0.254 e. The zero-order valence-corrected chi connectivity index (χ0v) is 17.6. The van der Waals surface area contributed by atoms with E-state index in [0.717, 1.165) is 29.0 Å². The fraction of sp³-hybridized carbons (Fsp3) is 0.480. The third kappa shape index (κ3) is 3.14. The summed E-state index contributed by atoms with van der Waals surface area (Å²) >= 11 is 0. The topological polar surface area (TPSA) is 32.8 Å². The van der Waals surface area contributed by atoms with E-state index in [4.69, 9.17) is 4.74 Å². The summed E-state index contributed by atoms with van der Waals surface area (Å²) < 4.78 is 5.35. The van der Waals surface area contributed by atoms with Gasteiger partial charge in [-0.05, 0) is 75.5 Å². The van der Waals surface area contributed by atoms with Gasteiger partial charge < -0.3 is 9.64 Å². The molecule has 0 aliphatic carbocycles. The van der Waals surface area contributed by atoms with Gasteiger partial charge in [0.1, 0.15) is 5.75 Å². The van der Waals surface area contributed by atoms with Crippen LogP contribution in [-0.4, -0.2) is 54.5 Å². The van der Waals surface area contributed by atoms with E-state index in [1.54, 1.807) is 7.11 Å². The molecule has 0 aromatic heterocycles. The molecular formula is C25H30N2O2. The van der Waals surface area contributed by atoms with Crippen molar-refractivity contribution in [3.05, 3.63) is 64.7 Å². The summed E-state index contributed by atoms with van der Waals surface area (Å²) in [7, 11) is 1.71. The summed E-state index contributed by atoms with van der Waals surface area (Å²) in [6, 6.07) is 15.5. The van der Waals surface area contributed by atoms with E-state index in [2.05, 4.69) is 54.0 Å². The molecule has 4 aliphatic heterocycles. The highest BCUT2D eigenvalue weighted by Crippen LogP contribution is 2.47. The van der Waals surface area contributed by atoms with Crippen molar-refractivity contribution in [2.45, 2.75) is 44.7 Å². The summed E-state index contributed by atoms with van der Waals surface area (Å²) in [5, 5.41) is 0. The molecule has 4 aliphatic rings. The summed E-state index contributed by atoms with van der Waals surface area (Å²) in [4.78, 5) is 18.5. The van der Waals surface area contributed by atoms with Crippen LogP contribution in [0.5, 0.6) is 5.75 Å². The Balaban J connectivity index is 1.51. The van der Waals surface area contributed by atoms with Gasteiger partial charge in [0.15, 0.2) is 0 Å². The van der Waals surface area contributed by atoms with Crippen molar-refractivity contribution in [3.8, 4) is 5.75 Å². The number of aryl methyl sites for hydroxylation is 2. The van der Waals surface area contributed by atoms with Gasteiger partial charge in [0.2, 0.25) is 0 Å². The molecule has 2 bridgehead atoms. The molecule has 4 saturated heterocycles. The van der Waals surface area contributed by atoms with Gasteiger partial charge >= 0.3 is 0 Å². The van der Waals surface area contributed by atoms with Gasteiger partial charge in [0.25, 0.3) is 5.91 Å². The molecule has 4 nitrogen and oxygen atoms in total. The van der Waals surface area contributed by atoms with Crippen molar-refractivity contribution in [1.29, 1.82) is 0 Å². The highest BCUT2D eigenvalue weighted by atomic mass is 16.5. The number of piperidine rings is 3. The number of benzene rings is 2. The average molecular weight is 391 g/mol. The monoisotopic (exact) mass is 390 g/mol. The van der Waals surface area contributed by atoms with Crippen molar-refractivity contribution >= 4 is 5.91 Å². The Labute approximate surface area is 173 Å². The largest absolute Gasteiger partial charge is 0.497 e. The minimum atomic E-state index is 0.205. The summed E-state index contributed by atoms with van der Waals surface area (Å²) in [5.74, 6) is 2.08. The number of nitrogens with zero attached hydrogens (tertiary/aromatic N) is 2. The number of rotatable bonds is 3. The Morgan fingerprint density at radius 3 is 2.24 bits per heavy atom. The van der Waals surface area contributed by atoms with Gasteiger partial charge in [-0.2, -0.15) is 0 Å². The SMILES string of the molecule is COc1ccc([C@@H]2CN(C(=O)c3cc(C)cc(C)c3)[C@@H]3C4CCN(CC4)[C@@H]32)cc1. The van der Waals surface area contributed by atoms with E-state index in [9.17, 15) is 4.79 Å². The van der Waals surface area contributed by atoms with Crippen LogP contribution >= 0.6 is 0 Å². The molecule has 0 spiro atoms. The van der Waals surface area contributed by atoms with Crippen LogP contribution in [0, 0.1) is 19.8 Å². The second kappa shape index (κ2) is 7.17. The highest BCUT2D eigenvalue weighted by Gasteiger charge is 2.54. The normalized spacial score (nSPS) is 30.3. The second-order valence-corrected chi connectivity index (χ2v) is 9.07. The van der Waals surface area contributed by atoms with Gasteiger partial charge in [0, 0.05) is 24.1 Å². The lowest BCUT2D eigenvalue weighted by Crippen LogP contribution is -2.60. The number of hydrogen-bond donors (Lipinski definition) is 0. The molecule has 1 amide bonds. The van der Waals surface area contributed by atoms with E-state index in [1.807, 2.05) is 12.1 Å². The van der Waals surface area contributed by atoms with Crippen molar-refractivity contribution in [1.82, 2.24) is 9.80 Å². The Kier molecular flexibility index (Phi) is 4.62. The molecule has 4 fully saturated rings. The highest BCUT2D eigenvalue weighted by molar-refractivity contribution is 5.95. The zero-order valence-electron chi connectivity index (χ0n) is 17.6. The molecule has 2 aromatic rings. The Hall–Kier alpha value is -2.33. The van der Waals surface area contributed by atoms with Gasteiger partial charge in [-0.25, -0.2) is 0 Å². The molecule has 4 heteroatoms. The third-order valence-corrected chi connectivity index (χ3v) is 7.27. The number of carbonyl (C=O) groups is 1. The zero-order chi connectivity index (χ0) is 20.1. The Morgan fingerprint density at radius 2 is 1.62 bits per heavy atom. The van der Waals surface area contributed by atoms with E-state index in [1.165, 1.54) is 31.5 Å². The predicted octanol–water partition coefficient (Wildman–Crippen LogP) is 4.01. The molecular weight excluding hydrogens is 360 g/mol. The van der Waals surface area contributed by atoms with Crippen LogP contribution < -0.4 is 4.74 Å². The number of amides is 1. The van der Waals surface area contributed by atoms with Crippen molar-refractivity contribution in [2.75, 3.05) is 26.7 Å². The molecule has 2 aromatic carbocycles. The third-order valence-electron chi connectivity index (χ3n) is 7.27. The van der Waals surface area contributed by atoms with Crippen LogP contribution in [-0.2, 0) is 0 Å². The van der Waals surface area contributed by atoms with Gasteiger partial charge in [0.05, 0.1) is 13.2 Å². The van der Waals surface area contributed by atoms with E-state index in [-0.39, 0.29) is 5.91 Å². The summed E-state index contributed by atoms with van der Waals surface area (Å²) in [6.07, 6.45) is 2.43. The van der Waals surface area contributed by atoms with Crippen LogP contribution in [0.3, 0.4) is 0 Å². The smallest absolute Gasteiger partial charge is 0.254 e. The van der Waals surface area contributed by atoms with Crippen LogP contribution in [0.2, 0.25) is 0 Å². The number of fused-ring (bicyclic) bond motifs is 2. The van der Waals surface area contributed by atoms with Crippen LogP contribution in [0.15, 0.2) is 42.5 Å². The number of hydrogen-bond acceptors (Lipinski definition) is 3. The first-order chi connectivity index (χ1) is 14.0. The maximum atomic E-state index is 13.6. The minimum absolute atomic E-state index is 0.205. The van der Waals surface area contributed by atoms with E-state index < -0.39 is 0 Å². The number of methoxy groups -OCH3 is 1. The molecule has 6 rings (SSSR count). The molecule has 3 atom stereocenters. The van der Waals surface area contributed by atoms with Gasteiger partial charge in [-0.1, -0.05) is 29.3 Å². The van der Waals surface area contributed by atoms with Crippen molar-refractivity contribution in [3.63, 3.8) is 0 Å². The van der Waals surface area contributed by atoms with Crippen LogP contribution in [0.1, 0.15) is 45.8 Å². The first kappa shape index (κ1) is 18.7. The van der Waals surface area contributed by atoms with Crippen LogP contribution in [0.4, 0.5) is 0 Å². The fourth-order valence-corrected chi connectivity index (χ4v) is 6.06. The molecule has 0 N–H and O–H groups in total.